The zero-order chi connectivity index (χ0) is 17.1. The molecule has 2 aromatic rings. The van der Waals surface area contributed by atoms with Gasteiger partial charge in [-0.15, -0.1) is 10.2 Å². The maximum Gasteiger partial charge on any atom is 0.252 e. The van der Waals surface area contributed by atoms with Crippen LogP contribution >= 0.6 is 11.8 Å². The lowest BCUT2D eigenvalue weighted by Crippen LogP contribution is -2.46. The van der Waals surface area contributed by atoms with E-state index in [4.69, 9.17) is 4.74 Å². The van der Waals surface area contributed by atoms with E-state index in [1.54, 1.807) is 27.9 Å². The molecule has 8 heteroatoms. The van der Waals surface area contributed by atoms with Gasteiger partial charge >= 0.3 is 0 Å². The Bertz CT molecular complexity index is 786. The van der Waals surface area contributed by atoms with E-state index in [9.17, 15) is 9.18 Å². The Labute approximate surface area is 143 Å². The maximum atomic E-state index is 13.7. The number of amides is 1. The molecule has 0 radical (unpaired) electrons. The van der Waals surface area contributed by atoms with Gasteiger partial charge in [-0.05, 0) is 26.0 Å². The highest BCUT2D eigenvalue weighted by atomic mass is 32.2. The van der Waals surface area contributed by atoms with Crippen LogP contribution in [0.25, 0.3) is 0 Å². The van der Waals surface area contributed by atoms with Crippen LogP contribution in [0.1, 0.15) is 19.7 Å². The number of rotatable bonds is 5. The molecule has 6 nitrogen and oxygen atoms in total. The number of thioether (sulfide) groups is 1. The molecule has 1 aliphatic heterocycles. The van der Waals surface area contributed by atoms with E-state index in [0.717, 1.165) is 5.57 Å². The van der Waals surface area contributed by atoms with E-state index in [2.05, 4.69) is 10.2 Å². The highest BCUT2D eigenvalue weighted by Gasteiger charge is 2.28. The second kappa shape index (κ2) is 7.04. The van der Waals surface area contributed by atoms with Gasteiger partial charge in [0.25, 0.3) is 5.91 Å². The van der Waals surface area contributed by atoms with E-state index >= 15 is 0 Å². The molecule has 0 saturated carbocycles. The van der Waals surface area contributed by atoms with Crippen molar-refractivity contribution in [1.82, 2.24) is 14.9 Å². The van der Waals surface area contributed by atoms with Gasteiger partial charge in [0, 0.05) is 0 Å². The normalized spacial score (nSPS) is 13.6. The number of benzene rings is 1. The molecule has 1 amide bonds. The summed E-state index contributed by atoms with van der Waals surface area (Å²) in [6.07, 6.45) is 1.96. The van der Waals surface area contributed by atoms with Crippen LogP contribution in [0.5, 0.6) is 5.75 Å². The summed E-state index contributed by atoms with van der Waals surface area (Å²) in [5.74, 6) is 0.444. The molecule has 24 heavy (non-hydrogen) atoms. The second-order valence-corrected chi connectivity index (χ2v) is 6.42. The number of hydrogen-bond donors (Lipinski definition) is 0. The molecule has 1 aliphatic rings. The number of halogens is 1. The van der Waals surface area contributed by atoms with Crippen LogP contribution in [-0.2, 0) is 11.4 Å². The Kier molecular flexibility index (Phi) is 4.84. The van der Waals surface area contributed by atoms with Gasteiger partial charge < -0.3 is 4.74 Å². The fourth-order valence-electron chi connectivity index (χ4n) is 2.19. The van der Waals surface area contributed by atoms with Crippen molar-refractivity contribution in [2.45, 2.75) is 25.6 Å². The van der Waals surface area contributed by atoms with Crippen molar-refractivity contribution >= 4 is 17.7 Å². The Morgan fingerprint density at radius 1 is 1.38 bits per heavy atom. The Morgan fingerprint density at radius 3 is 2.92 bits per heavy atom. The fourth-order valence-corrected chi connectivity index (χ4v) is 3.01. The van der Waals surface area contributed by atoms with E-state index in [0.29, 0.717) is 23.3 Å². The van der Waals surface area contributed by atoms with E-state index in [-0.39, 0.29) is 18.3 Å². The smallest absolute Gasteiger partial charge is 0.252 e. The number of para-hydroxylation sites is 1. The molecule has 0 saturated heterocycles. The summed E-state index contributed by atoms with van der Waals surface area (Å²) in [6.45, 7) is 4.39. The molecule has 1 aromatic heterocycles. The van der Waals surface area contributed by atoms with Crippen LogP contribution in [0, 0.1) is 5.82 Å². The van der Waals surface area contributed by atoms with Crippen LogP contribution in [0.15, 0.2) is 41.1 Å². The van der Waals surface area contributed by atoms with E-state index in [1.165, 1.54) is 17.8 Å². The topological polar surface area (TPSA) is 60.3 Å². The summed E-state index contributed by atoms with van der Waals surface area (Å²) in [4.78, 5) is 12.2. The van der Waals surface area contributed by atoms with Gasteiger partial charge in [-0.2, -0.15) is 0 Å². The quantitative estimate of drug-likeness (QED) is 0.777. The van der Waals surface area contributed by atoms with E-state index < -0.39 is 5.82 Å². The number of allylic oxidation sites excluding steroid dienone is 1. The van der Waals surface area contributed by atoms with Gasteiger partial charge in [0.15, 0.2) is 17.4 Å². The van der Waals surface area contributed by atoms with Crippen molar-refractivity contribution in [3.05, 3.63) is 47.6 Å². The lowest BCUT2D eigenvalue weighted by molar-refractivity contribution is -0.117. The predicted molar refractivity (Wildman–Crippen MR) is 89.0 cm³/mol. The molecule has 0 aliphatic carbocycles. The third-order valence-electron chi connectivity index (χ3n) is 3.40. The van der Waals surface area contributed by atoms with Gasteiger partial charge in [-0.25, -0.2) is 14.1 Å². The SMILES string of the molecule is CC(C)=CCN1C(=O)CSc2nnc(COc3ccccc3F)n21. The molecule has 0 atom stereocenters. The molecular weight excluding hydrogens is 331 g/mol. The number of carbonyl (C=O) groups is 1. The Balaban J connectivity index is 1.83. The van der Waals surface area contributed by atoms with Crippen molar-refractivity contribution in [3.63, 3.8) is 0 Å². The summed E-state index contributed by atoms with van der Waals surface area (Å²) >= 11 is 1.33. The van der Waals surface area contributed by atoms with Crippen molar-refractivity contribution < 1.29 is 13.9 Å². The number of nitrogens with zero attached hydrogens (tertiary/aromatic N) is 4. The molecule has 0 N–H and O–H groups in total. The zero-order valence-corrected chi connectivity index (χ0v) is 14.2. The third-order valence-corrected chi connectivity index (χ3v) is 4.30. The molecule has 126 valence electrons. The van der Waals surface area contributed by atoms with Gasteiger partial charge in [0.1, 0.15) is 6.61 Å². The molecule has 3 rings (SSSR count). The van der Waals surface area contributed by atoms with Crippen molar-refractivity contribution in [1.29, 1.82) is 0 Å². The lowest BCUT2D eigenvalue weighted by atomic mass is 10.3. The summed E-state index contributed by atoms with van der Waals surface area (Å²) in [7, 11) is 0. The summed E-state index contributed by atoms with van der Waals surface area (Å²) in [6, 6.07) is 6.16. The molecule has 0 fully saturated rings. The zero-order valence-electron chi connectivity index (χ0n) is 13.4. The van der Waals surface area contributed by atoms with Crippen molar-refractivity contribution in [3.8, 4) is 5.75 Å². The Morgan fingerprint density at radius 2 is 2.17 bits per heavy atom. The monoisotopic (exact) mass is 348 g/mol. The van der Waals surface area contributed by atoms with E-state index in [1.807, 2.05) is 19.9 Å². The molecule has 0 unspecified atom stereocenters. The molecule has 0 bridgehead atoms. The van der Waals surface area contributed by atoms with Crippen LogP contribution < -0.4 is 9.75 Å². The first kappa shape index (κ1) is 16.5. The summed E-state index contributed by atoms with van der Waals surface area (Å²) < 4.78 is 20.8. The van der Waals surface area contributed by atoms with Crippen LogP contribution in [0.2, 0.25) is 0 Å². The predicted octanol–water partition coefficient (Wildman–Crippen LogP) is 2.53. The van der Waals surface area contributed by atoms with Crippen LogP contribution in [-0.4, -0.2) is 33.1 Å². The maximum absolute atomic E-state index is 13.7. The first-order valence-electron chi connectivity index (χ1n) is 7.44. The minimum atomic E-state index is -0.442. The molecule has 0 spiro atoms. The van der Waals surface area contributed by atoms with Gasteiger partial charge in [0.2, 0.25) is 5.16 Å². The molecular formula is C16H17FN4O2S. The number of fused-ring (bicyclic) bond motifs is 1. The average Bonchev–Trinajstić information content (AvgIpc) is 2.96. The number of carbonyl (C=O) groups excluding carboxylic acids is 1. The highest BCUT2D eigenvalue weighted by Crippen LogP contribution is 2.24. The largest absolute Gasteiger partial charge is 0.482 e. The molecule has 2 heterocycles. The summed E-state index contributed by atoms with van der Waals surface area (Å²) in [5.41, 5.74) is 1.11. The molecule has 1 aromatic carbocycles. The fraction of sp³-hybridized carbons (Fsp3) is 0.312. The summed E-state index contributed by atoms with van der Waals surface area (Å²) in [5, 5.41) is 10.4. The van der Waals surface area contributed by atoms with Gasteiger partial charge in [-0.1, -0.05) is 35.5 Å². The lowest BCUT2D eigenvalue weighted by Gasteiger charge is -2.28. The first-order chi connectivity index (χ1) is 11.6. The third kappa shape index (κ3) is 3.43. The van der Waals surface area contributed by atoms with Crippen LogP contribution in [0.3, 0.4) is 0 Å². The Hall–Kier alpha value is -2.35. The number of hydrogen-bond acceptors (Lipinski definition) is 5. The van der Waals surface area contributed by atoms with Gasteiger partial charge in [-0.3, -0.25) is 4.79 Å². The number of ether oxygens (including phenoxy) is 1. The van der Waals surface area contributed by atoms with Crippen LogP contribution in [0.4, 0.5) is 4.39 Å². The highest BCUT2D eigenvalue weighted by molar-refractivity contribution is 7.99. The first-order valence-corrected chi connectivity index (χ1v) is 8.43. The minimum absolute atomic E-state index is 0.0209. The van der Waals surface area contributed by atoms with Gasteiger partial charge in [0.05, 0.1) is 12.3 Å². The number of aromatic nitrogens is 3. The van der Waals surface area contributed by atoms with Crippen molar-refractivity contribution in [2.24, 2.45) is 0 Å². The average molecular weight is 348 g/mol. The van der Waals surface area contributed by atoms with Crippen molar-refractivity contribution in [2.75, 3.05) is 17.3 Å². The second-order valence-electron chi connectivity index (χ2n) is 5.48. The standard InChI is InChI=1S/C16H17FN4O2S/c1-11(2)7-8-20-15(22)10-24-16-19-18-14(21(16)20)9-23-13-6-4-3-5-12(13)17/h3-7H,8-10H2,1-2H3. The minimum Gasteiger partial charge on any atom is -0.482 e.